The van der Waals surface area contributed by atoms with E-state index in [4.69, 9.17) is 28.3 Å². The second kappa shape index (κ2) is 8.10. The number of Topliss-reactive ketones (excluding diaryl/α,β-unsaturated/α-hetero) is 2. The van der Waals surface area contributed by atoms with Gasteiger partial charge in [-0.05, 0) is 25.8 Å². The van der Waals surface area contributed by atoms with E-state index in [0.29, 0.717) is 19.3 Å². The number of aromatic nitrogens is 1. The van der Waals surface area contributed by atoms with Crippen LogP contribution in [-0.2, 0) is 9.59 Å². The Morgan fingerprint density at radius 1 is 1.29 bits per heavy atom. The molecule has 21 heavy (non-hydrogen) atoms. The highest BCUT2D eigenvalue weighted by atomic mass is 35.5. The van der Waals surface area contributed by atoms with Crippen LogP contribution < -0.4 is 0 Å². The first kappa shape index (κ1) is 17.6. The standard InChI is InChI=1S/C14H15Cl2NO4/c1-8(18)10(4-2-3-5-12(19)20)13(21)9-6-11(15)14(16)17-7-9/h6-7,10H,2-5H2,1H3,(H,19,20). The Labute approximate surface area is 132 Å². The first-order chi connectivity index (χ1) is 9.82. The topological polar surface area (TPSA) is 84.3 Å². The Balaban J connectivity index is 2.75. The average molecular weight is 332 g/mol. The molecule has 0 spiro atoms. The van der Waals surface area contributed by atoms with Crippen LogP contribution in [0.2, 0.25) is 10.2 Å². The van der Waals surface area contributed by atoms with Crippen molar-refractivity contribution in [1.82, 2.24) is 4.98 Å². The molecule has 114 valence electrons. The number of carbonyl (C=O) groups is 3. The van der Waals surface area contributed by atoms with Crippen LogP contribution in [0.5, 0.6) is 0 Å². The molecular weight excluding hydrogens is 317 g/mol. The molecule has 0 amide bonds. The third-order valence-electron chi connectivity index (χ3n) is 3.02. The summed E-state index contributed by atoms with van der Waals surface area (Å²) in [5.74, 6) is -2.34. The number of rotatable bonds is 8. The first-order valence-electron chi connectivity index (χ1n) is 6.40. The maximum absolute atomic E-state index is 12.3. The Morgan fingerprint density at radius 2 is 1.95 bits per heavy atom. The molecule has 1 rings (SSSR count). The molecule has 0 saturated carbocycles. The van der Waals surface area contributed by atoms with Gasteiger partial charge in [-0.1, -0.05) is 29.6 Å². The molecule has 7 heteroatoms. The molecule has 0 saturated heterocycles. The smallest absolute Gasteiger partial charge is 0.303 e. The quantitative estimate of drug-likeness (QED) is 0.341. The van der Waals surface area contributed by atoms with Gasteiger partial charge in [0.15, 0.2) is 5.78 Å². The average Bonchev–Trinajstić information content (AvgIpc) is 2.40. The zero-order valence-corrected chi connectivity index (χ0v) is 12.9. The van der Waals surface area contributed by atoms with Crippen molar-refractivity contribution in [2.75, 3.05) is 0 Å². The summed E-state index contributed by atoms with van der Waals surface area (Å²) in [6.45, 7) is 1.34. The zero-order valence-electron chi connectivity index (χ0n) is 11.4. The second-order valence-corrected chi connectivity index (χ2v) is 5.43. The molecule has 1 atom stereocenters. The normalized spacial score (nSPS) is 12.0. The Kier molecular flexibility index (Phi) is 6.78. The van der Waals surface area contributed by atoms with Gasteiger partial charge in [-0.2, -0.15) is 0 Å². The fourth-order valence-corrected chi connectivity index (χ4v) is 2.17. The molecule has 0 aliphatic rings. The van der Waals surface area contributed by atoms with Gasteiger partial charge in [0.25, 0.3) is 0 Å². The summed E-state index contributed by atoms with van der Waals surface area (Å²) in [5, 5.41) is 8.80. The van der Waals surface area contributed by atoms with Crippen molar-refractivity contribution in [2.45, 2.75) is 32.6 Å². The molecule has 5 nitrogen and oxygen atoms in total. The van der Waals surface area contributed by atoms with E-state index in [0.717, 1.165) is 0 Å². The SMILES string of the molecule is CC(=O)C(CCCCC(=O)O)C(=O)c1cnc(Cl)c(Cl)c1. The number of hydrogen-bond donors (Lipinski definition) is 1. The van der Waals surface area contributed by atoms with Gasteiger partial charge in [0, 0.05) is 18.2 Å². The predicted molar refractivity (Wildman–Crippen MR) is 78.9 cm³/mol. The molecule has 1 aromatic heterocycles. The van der Waals surface area contributed by atoms with E-state index in [1.807, 2.05) is 0 Å². The van der Waals surface area contributed by atoms with E-state index in [9.17, 15) is 14.4 Å². The van der Waals surface area contributed by atoms with Crippen LogP contribution >= 0.6 is 23.2 Å². The third kappa shape index (κ3) is 5.44. The summed E-state index contributed by atoms with van der Waals surface area (Å²) in [6.07, 6.45) is 2.52. The number of pyridine rings is 1. The second-order valence-electron chi connectivity index (χ2n) is 4.66. The van der Waals surface area contributed by atoms with Crippen LogP contribution in [0.4, 0.5) is 0 Å². The van der Waals surface area contributed by atoms with Crippen molar-refractivity contribution in [3.63, 3.8) is 0 Å². The van der Waals surface area contributed by atoms with Crippen molar-refractivity contribution in [3.05, 3.63) is 28.0 Å². The van der Waals surface area contributed by atoms with Gasteiger partial charge < -0.3 is 5.11 Å². The van der Waals surface area contributed by atoms with Gasteiger partial charge in [-0.15, -0.1) is 0 Å². The van der Waals surface area contributed by atoms with Gasteiger partial charge in [0.2, 0.25) is 0 Å². The van der Waals surface area contributed by atoms with Gasteiger partial charge in [-0.25, -0.2) is 4.98 Å². The van der Waals surface area contributed by atoms with Crippen LogP contribution in [0.1, 0.15) is 43.0 Å². The summed E-state index contributed by atoms with van der Waals surface area (Å²) in [7, 11) is 0. The largest absolute Gasteiger partial charge is 0.481 e. The van der Waals surface area contributed by atoms with Crippen molar-refractivity contribution in [3.8, 4) is 0 Å². The molecule has 1 heterocycles. The summed E-state index contributed by atoms with van der Waals surface area (Å²) in [4.78, 5) is 38.1. The van der Waals surface area contributed by atoms with Crippen molar-refractivity contribution < 1.29 is 19.5 Å². The van der Waals surface area contributed by atoms with Crippen LogP contribution in [0.25, 0.3) is 0 Å². The molecule has 0 aliphatic carbocycles. The lowest BCUT2D eigenvalue weighted by atomic mass is 9.90. The fourth-order valence-electron chi connectivity index (χ4n) is 1.90. The number of carboxylic acids is 1. The molecule has 0 bridgehead atoms. The molecule has 0 aliphatic heterocycles. The van der Waals surface area contributed by atoms with Crippen LogP contribution in [0.3, 0.4) is 0 Å². The molecule has 1 N–H and O–H groups in total. The van der Waals surface area contributed by atoms with Gasteiger partial charge >= 0.3 is 5.97 Å². The number of carbonyl (C=O) groups excluding carboxylic acids is 2. The van der Waals surface area contributed by atoms with Crippen molar-refractivity contribution >= 4 is 40.7 Å². The number of halogens is 2. The van der Waals surface area contributed by atoms with E-state index in [1.165, 1.54) is 19.2 Å². The Morgan fingerprint density at radius 3 is 2.48 bits per heavy atom. The van der Waals surface area contributed by atoms with Crippen LogP contribution in [-0.4, -0.2) is 27.6 Å². The van der Waals surface area contributed by atoms with Gasteiger partial charge in [0.1, 0.15) is 10.9 Å². The number of hydrogen-bond acceptors (Lipinski definition) is 4. The number of nitrogens with zero attached hydrogens (tertiary/aromatic N) is 1. The number of aliphatic carboxylic acids is 1. The van der Waals surface area contributed by atoms with E-state index in [-0.39, 0.29) is 33.7 Å². The maximum Gasteiger partial charge on any atom is 0.303 e. The number of carboxylic acid groups (broad SMARTS) is 1. The predicted octanol–water partition coefficient (Wildman–Crippen LogP) is 3.42. The summed E-state index contributed by atoms with van der Waals surface area (Å²) < 4.78 is 0. The van der Waals surface area contributed by atoms with Gasteiger partial charge in [-0.3, -0.25) is 14.4 Å². The van der Waals surface area contributed by atoms with Crippen LogP contribution in [0.15, 0.2) is 12.3 Å². The van der Waals surface area contributed by atoms with Crippen molar-refractivity contribution in [2.24, 2.45) is 5.92 Å². The lowest BCUT2D eigenvalue weighted by Gasteiger charge is -2.12. The lowest BCUT2D eigenvalue weighted by Crippen LogP contribution is -2.22. The fraction of sp³-hybridized carbons (Fsp3) is 0.429. The number of unbranched alkanes of at least 4 members (excludes halogenated alkanes) is 1. The molecule has 0 aromatic carbocycles. The summed E-state index contributed by atoms with van der Waals surface area (Å²) in [6, 6.07) is 1.38. The highest BCUT2D eigenvalue weighted by molar-refractivity contribution is 6.41. The molecule has 0 radical (unpaired) electrons. The first-order valence-corrected chi connectivity index (χ1v) is 7.16. The Bertz CT molecular complexity index is 560. The third-order valence-corrected chi connectivity index (χ3v) is 3.71. The van der Waals surface area contributed by atoms with E-state index < -0.39 is 11.9 Å². The van der Waals surface area contributed by atoms with E-state index in [1.54, 1.807) is 0 Å². The molecule has 1 aromatic rings. The highest BCUT2D eigenvalue weighted by Crippen LogP contribution is 2.23. The zero-order chi connectivity index (χ0) is 16.0. The van der Waals surface area contributed by atoms with Crippen LogP contribution in [0, 0.1) is 5.92 Å². The van der Waals surface area contributed by atoms with Gasteiger partial charge in [0.05, 0.1) is 10.9 Å². The maximum atomic E-state index is 12.3. The van der Waals surface area contributed by atoms with Crippen molar-refractivity contribution in [1.29, 1.82) is 0 Å². The monoisotopic (exact) mass is 331 g/mol. The lowest BCUT2D eigenvalue weighted by molar-refractivity contribution is -0.137. The van der Waals surface area contributed by atoms with E-state index >= 15 is 0 Å². The summed E-state index contributed by atoms with van der Waals surface area (Å²) >= 11 is 11.5. The highest BCUT2D eigenvalue weighted by Gasteiger charge is 2.25. The number of ketones is 2. The Hall–Kier alpha value is -1.46. The molecular formula is C14H15Cl2NO4. The van der Waals surface area contributed by atoms with E-state index in [2.05, 4.69) is 4.98 Å². The molecule has 1 unspecified atom stereocenters. The molecule has 0 fully saturated rings. The minimum absolute atomic E-state index is 0.0210. The minimum Gasteiger partial charge on any atom is -0.481 e. The summed E-state index contributed by atoms with van der Waals surface area (Å²) in [5.41, 5.74) is 0.225. The minimum atomic E-state index is -0.894.